The molecule has 2 N–H and O–H groups in total. The largest absolute Gasteiger partial charge is 0.480 e. The van der Waals surface area contributed by atoms with E-state index in [0.29, 0.717) is 17.1 Å². The van der Waals surface area contributed by atoms with Crippen LogP contribution in [0.25, 0.3) is 16.7 Å². The molecule has 0 bridgehead atoms. The lowest BCUT2D eigenvalue weighted by Crippen LogP contribution is -2.16. The van der Waals surface area contributed by atoms with E-state index in [4.69, 9.17) is 4.74 Å². The Balaban J connectivity index is 1.69. The topological polar surface area (TPSA) is 98.1 Å². The van der Waals surface area contributed by atoms with Gasteiger partial charge < -0.3 is 14.6 Å². The van der Waals surface area contributed by atoms with E-state index >= 15 is 0 Å². The van der Waals surface area contributed by atoms with Gasteiger partial charge in [-0.2, -0.15) is 0 Å². The van der Waals surface area contributed by atoms with Crippen molar-refractivity contribution in [1.29, 1.82) is 0 Å². The maximum Gasteiger partial charge on any atom is 0.267 e. The summed E-state index contributed by atoms with van der Waals surface area (Å²) in [6.45, 7) is 7.84. The normalized spacial score (nSPS) is 11.4. The lowest BCUT2D eigenvalue weighted by molar-refractivity contribution is 0.385. The Morgan fingerprint density at radius 2 is 1.79 bits per heavy atom. The summed E-state index contributed by atoms with van der Waals surface area (Å²) in [5.74, 6) is -0.00126. The molecule has 0 aliphatic carbocycles. The van der Waals surface area contributed by atoms with Crippen LogP contribution in [0.5, 0.6) is 5.88 Å². The molecule has 0 unspecified atom stereocenters. The van der Waals surface area contributed by atoms with Gasteiger partial charge in [0.15, 0.2) is 4.90 Å². The number of sulfonamides is 1. The van der Waals surface area contributed by atoms with Crippen molar-refractivity contribution in [3.63, 3.8) is 0 Å². The molecule has 4 rings (SSSR count). The molecule has 0 spiro atoms. The van der Waals surface area contributed by atoms with Gasteiger partial charge in [-0.25, -0.2) is 18.4 Å². The highest BCUT2D eigenvalue weighted by Gasteiger charge is 2.23. The number of nitrogens with one attached hydrogen (secondary N) is 2. The van der Waals surface area contributed by atoms with Gasteiger partial charge in [-0.3, -0.25) is 4.72 Å². The molecular weight excluding hydrogens is 438 g/mol. The van der Waals surface area contributed by atoms with E-state index in [0.717, 1.165) is 27.7 Å². The smallest absolute Gasteiger partial charge is 0.267 e. The van der Waals surface area contributed by atoms with Gasteiger partial charge in [-0.05, 0) is 37.1 Å². The Morgan fingerprint density at radius 3 is 2.48 bits per heavy atom. The third kappa shape index (κ3) is 4.27. The molecule has 0 atom stereocenters. The lowest BCUT2D eigenvalue weighted by Gasteiger charge is -2.16. The van der Waals surface area contributed by atoms with E-state index in [1.165, 1.54) is 19.4 Å². The first-order valence-corrected chi connectivity index (χ1v) is 11.7. The predicted octanol–water partition coefficient (Wildman–Crippen LogP) is 4.48. The van der Waals surface area contributed by atoms with Gasteiger partial charge in [0.25, 0.3) is 10.0 Å². The van der Waals surface area contributed by atoms with Crippen molar-refractivity contribution in [2.24, 2.45) is 7.05 Å². The number of anilines is 2. The predicted molar refractivity (Wildman–Crippen MR) is 131 cm³/mol. The van der Waals surface area contributed by atoms with Crippen molar-refractivity contribution >= 4 is 38.1 Å². The van der Waals surface area contributed by atoms with E-state index in [1.807, 2.05) is 61.9 Å². The van der Waals surface area contributed by atoms with Crippen molar-refractivity contribution in [3.05, 3.63) is 78.3 Å². The number of methoxy groups -OCH3 is 1. The maximum atomic E-state index is 13.3. The zero-order valence-electron chi connectivity index (χ0n) is 18.9. The summed E-state index contributed by atoms with van der Waals surface area (Å²) < 4.78 is 36.4. The molecule has 0 amide bonds. The van der Waals surface area contributed by atoms with Crippen LogP contribution >= 0.6 is 0 Å². The third-order valence-corrected chi connectivity index (χ3v) is 6.72. The number of hydrogen-bond acceptors (Lipinski definition) is 6. The van der Waals surface area contributed by atoms with Gasteiger partial charge in [0.05, 0.1) is 42.0 Å². The summed E-state index contributed by atoms with van der Waals surface area (Å²) in [5.41, 5.74) is 5.82. The molecule has 2 aromatic carbocycles. The summed E-state index contributed by atoms with van der Waals surface area (Å²) in [4.78, 5) is 8.49. The van der Waals surface area contributed by atoms with Crippen LogP contribution in [0.1, 0.15) is 16.7 Å². The second-order valence-corrected chi connectivity index (χ2v) is 9.39. The number of hydrogen-bond donors (Lipinski definition) is 2. The third-order valence-electron chi connectivity index (χ3n) is 5.38. The number of nitrogens with zero attached hydrogens (tertiary/aromatic N) is 3. The molecule has 4 aromatic rings. The zero-order valence-corrected chi connectivity index (χ0v) is 19.7. The minimum Gasteiger partial charge on any atom is -0.480 e. The number of aromatic nitrogens is 3. The molecule has 8 nitrogen and oxygen atoms in total. The Kier molecular flexibility index (Phi) is 5.82. The fraction of sp³-hybridized carbons (Fsp3) is 0.167. The lowest BCUT2D eigenvalue weighted by atomic mass is 10.1. The molecule has 0 fully saturated rings. The van der Waals surface area contributed by atoms with Crippen LogP contribution in [-0.2, 0) is 17.1 Å². The fourth-order valence-corrected chi connectivity index (χ4v) is 5.06. The van der Waals surface area contributed by atoms with Crippen LogP contribution in [-0.4, -0.2) is 30.1 Å². The molecule has 33 heavy (non-hydrogen) atoms. The minimum absolute atomic E-state index is 0.00126. The van der Waals surface area contributed by atoms with Crippen LogP contribution in [0.3, 0.4) is 0 Å². The van der Waals surface area contributed by atoms with E-state index in [-0.39, 0.29) is 10.8 Å². The molecule has 9 heteroatoms. The Hall–Kier alpha value is -3.85. The van der Waals surface area contributed by atoms with Gasteiger partial charge >= 0.3 is 0 Å². The van der Waals surface area contributed by atoms with Crippen LogP contribution in [0.4, 0.5) is 11.4 Å². The molecule has 0 saturated carbocycles. The van der Waals surface area contributed by atoms with Crippen LogP contribution in [0, 0.1) is 13.8 Å². The highest BCUT2D eigenvalue weighted by atomic mass is 32.2. The summed E-state index contributed by atoms with van der Waals surface area (Å²) in [6, 6.07) is 12.8. The van der Waals surface area contributed by atoms with Crippen molar-refractivity contribution in [2.75, 3.05) is 17.1 Å². The van der Waals surface area contributed by atoms with E-state index in [9.17, 15) is 8.42 Å². The molecular formula is C24H25N5O3S. The standard InChI is InChI=1S/C24H25N5O3S/c1-15-8-6-9-16(2)22(15)28-33(30,31)21-12-18(13-25-24(21)32-5)27-17(3)19-10-7-11-20-23(19)29(4)14-26-20/h6-14,27-28H,3H2,1-2,4-5H3. The Bertz CT molecular complexity index is 1450. The van der Waals surface area contributed by atoms with E-state index in [1.54, 1.807) is 6.33 Å². The average Bonchev–Trinajstić information content (AvgIpc) is 3.17. The van der Waals surface area contributed by atoms with Gasteiger partial charge in [-0.1, -0.05) is 36.9 Å². The number of rotatable bonds is 7. The summed E-state index contributed by atoms with van der Waals surface area (Å²) in [7, 11) is -0.686. The molecule has 2 aromatic heterocycles. The molecule has 0 radical (unpaired) electrons. The molecule has 2 heterocycles. The molecule has 170 valence electrons. The molecule has 0 aliphatic heterocycles. The second kappa shape index (κ2) is 8.59. The van der Waals surface area contributed by atoms with Gasteiger partial charge in [-0.15, -0.1) is 0 Å². The average molecular weight is 464 g/mol. The van der Waals surface area contributed by atoms with Crippen molar-refractivity contribution in [3.8, 4) is 5.88 Å². The SMILES string of the molecule is C=C(Nc1cnc(OC)c(S(=O)(=O)Nc2c(C)cccc2C)c1)c1cccc2ncn(C)c12. The number of fused-ring (bicyclic) bond motifs is 1. The van der Waals surface area contributed by atoms with Gasteiger partial charge in [0.2, 0.25) is 5.88 Å². The summed E-state index contributed by atoms with van der Waals surface area (Å²) in [5, 5.41) is 3.17. The number of pyridine rings is 1. The van der Waals surface area contributed by atoms with Crippen LogP contribution in [0.2, 0.25) is 0 Å². The first-order chi connectivity index (χ1) is 15.7. The number of para-hydroxylation sites is 2. The van der Waals surface area contributed by atoms with Crippen LogP contribution < -0.4 is 14.8 Å². The number of ether oxygens (including phenoxy) is 1. The monoisotopic (exact) mass is 463 g/mol. The summed E-state index contributed by atoms with van der Waals surface area (Å²) in [6.07, 6.45) is 3.24. The Labute approximate surface area is 193 Å². The van der Waals surface area contributed by atoms with Crippen molar-refractivity contribution in [1.82, 2.24) is 14.5 Å². The first-order valence-electron chi connectivity index (χ1n) is 10.2. The zero-order chi connectivity index (χ0) is 23.8. The van der Waals surface area contributed by atoms with E-state index in [2.05, 4.69) is 26.6 Å². The van der Waals surface area contributed by atoms with Crippen molar-refractivity contribution in [2.45, 2.75) is 18.7 Å². The second-order valence-electron chi connectivity index (χ2n) is 7.74. The molecule has 0 aliphatic rings. The van der Waals surface area contributed by atoms with Gasteiger partial charge in [0.1, 0.15) is 0 Å². The fourth-order valence-electron chi connectivity index (χ4n) is 3.71. The van der Waals surface area contributed by atoms with Gasteiger partial charge in [0, 0.05) is 18.3 Å². The number of benzene rings is 2. The minimum atomic E-state index is -3.98. The first kappa shape index (κ1) is 22.3. The quantitative estimate of drug-likeness (QED) is 0.419. The maximum absolute atomic E-state index is 13.3. The Morgan fingerprint density at radius 1 is 1.09 bits per heavy atom. The molecule has 0 saturated heterocycles. The van der Waals surface area contributed by atoms with E-state index < -0.39 is 10.0 Å². The number of imidazole rings is 1. The van der Waals surface area contributed by atoms with Crippen molar-refractivity contribution < 1.29 is 13.2 Å². The summed E-state index contributed by atoms with van der Waals surface area (Å²) >= 11 is 0. The number of aryl methyl sites for hydroxylation is 3. The van der Waals surface area contributed by atoms with Crippen LogP contribution in [0.15, 0.2) is 66.5 Å². The highest BCUT2D eigenvalue weighted by Crippen LogP contribution is 2.31. The highest BCUT2D eigenvalue weighted by molar-refractivity contribution is 7.92.